The third kappa shape index (κ3) is 5.06. The summed E-state index contributed by atoms with van der Waals surface area (Å²) in [6, 6.07) is 15.3. The van der Waals surface area contributed by atoms with Gasteiger partial charge >= 0.3 is 0 Å². The van der Waals surface area contributed by atoms with E-state index >= 15 is 0 Å². The normalized spacial score (nSPS) is 17.2. The van der Waals surface area contributed by atoms with Gasteiger partial charge in [0.05, 0.1) is 10.6 Å². The van der Waals surface area contributed by atoms with Gasteiger partial charge < -0.3 is 10.6 Å². The molecule has 26 heavy (non-hydrogen) atoms. The van der Waals surface area contributed by atoms with Crippen molar-refractivity contribution in [3.05, 3.63) is 65.7 Å². The molecule has 1 amide bonds. The first kappa shape index (κ1) is 20.4. The van der Waals surface area contributed by atoms with Crippen LogP contribution in [0, 0.1) is 0 Å². The number of sulfone groups is 1. The Bertz CT molecular complexity index is 835. The van der Waals surface area contributed by atoms with Gasteiger partial charge in [0, 0.05) is 18.2 Å². The summed E-state index contributed by atoms with van der Waals surface area (Å²) in [6.07, 6.45) is 1.96. The Hall–Kier alpha value is -1.89. The van der Waals surface area contributed by atoms with Crippen molar-refractivity contribution >= 4 is 28.2 Å². The van der Waals surface area contributed by atoms with E-state index in [9.17, 15) is 13.2 Å². The second-order valence-electron chi connectivity index (χ2n) is 6.25. The number of amides is 1. The monoisotopic (exact) mass is 394 g/mol. The molecule has 7 heteroatoms. The number of rotatable bonds is 5. The Kier molecular flexibility index (Phi) is 7.20. The predicted octanol–water partition coefficient (Wildman–Crippen LogP) is 2.56. The van der Waals surface area contributed by atoms with Gasteiger partial charge in [0.25, 0.3) is 5.91 Å². The first-order chi connectivity index (χ1) is 12.1. The van der Waals surface area contributed by atoms with Crippen LogP contribution in [0.25, 0.3) is 0 Å². The van der Waals surface area contributed by atoms with Crippen LogP contribution in [0.1, 0.15) is 28.8 Å². The zero-order valence-electron chi connectivity index (χ0n) is 14.4. The molecule has 1 aliphatic heterocycles. The summed E-state index contributed by atoms with van der Waals surface area (Å²) in [7, 11) is -3.49. The van der Waals surface area contributed by atoms with Gasteiger partial charge in [0.15, 0.2) is 9.84 Å². The predicted molar refractivity (Wildman–Crippen MR) is 104 cm³/mol. The molecular formula is C19H23ClN2O3S. The Labute approximate surface area is 160 Å². The van der Waals surface area contributed by atoms with Crippen LogP contribution in [0.5, 0.6) is 0 Å². The SMILES string of the molecule is Cl.O=C(NC1CCCNC1)c1ccccc1CS(=O)(=O)c1ccccc1. The zero-order chi connectivity index (χ0) is 17.7. The molecule has 1 fully saturated rings. The second-order valence-corrected chi connectivity index (χ2v) is 8.24. The van der Waals surface area contributed by atoms with E-state index in [0.717, 1.165) is 25.9 Å². The fourth-order valence-electron chi connectivity index (χ4n) is 3.02. The molecule has 1 saturated heterocycles. The van der Waals surface area contributed by atoms with Crippen molar-refractivity contribution < 1.29 is 13.2 Å². The molecule has 1 atom stereocenters. The first-order valence-electron chi connectivity index (χ1n) is 8.43. The molecule has 0 bridgehead atoms. The van der Waals surface area contributed by atoms with Crippen LogP contribution in [0.4, 0.5) is 0 Å². The summed E-state index contributed by atoms with van der Waals surface area (Å²) in [5.74, 6) is -0.406. The molecule has 0 spiro atoms. The summed E-state index contributed by atoms with van der Waals surface area (Å²) in [6.45, 7) is 1.72. The van der Waals surface area contributed by atoms with E-state index in [0.29, 0.717) is 11.1 Å². The maximum atomic E-state index is 12.6. The number of carbonyl (C=O) groups excluding carboxylic acids is 1. The average molecular weight is 395 g/mol. The highest BCUT2D eigenvalue weighted by Crippen LogP contribution is 2.19. The Morgan fingerprint density at radius 2 is 1.77 bits per heavy atom. The van der Waals surface area contributed by atoms with Gasteiger partial charge in [-0.25, -0.2) is 8.42 Å². The summed E-state index contributed by atoms with van der Waals surface area (Å²) in [5.41, 5.74) is 0.945. The van der Waals surface area contributed by atoms with Gasteiger partial charge in [-0.15, -0.1) is 12.4 Å². The van der Waals surface area contributed by atoms with Crippen molar-refractivity contribution in [2.45, 2.75) is 29.5 Å². The molecule has 0 saturated carbocycles. The van der Waals surface area contributed by atoms with Gasteiger partial charge in [0.2, 0.25) is 0 Å². The maximum Gasteiger partial charge on any atom is 0.251 e. The topological polar surface area (TPSA) is 75.3 Å². The van der Waals surface area contributed by atoms with Crippen LogP contribution < -0.4 is 10.6 Å². The largest absolute Gasteiger partial charge is 0.348 e. The fourth-order valence-corrected chi connectivity index (χ4v) is 4.42. The van der Waals surface area contributed by atoms with E-state index in [-0.39, 0.29) is 35.0 Å². The molecule has 0 radical (unpaired) electrons. The van der Waals surface area contributed by atoms with Gasteiger partial charge in [0.1, 0.15) is 0 Å². The van der Waals surface area contributed by atoms with Gasteiger partial charge in [-0.1, -0.05) is 36.4 Å². The van der Waals surface area contributed by atoms with Crippen molar-refractivity contribution in [1.82, 2.24) is 10.6 Å². The molecule has 2 N–H and O–H groups in total. The van der Waals surface area contributed by atoms with Crippen LogP contribution in [0.3, 0.4) is 0 Å². The van der Waals surface area contributed by atoms with Crippen LogP contribution in [-0.2, 0) is 15.6 Å². The lowest BCUT2D eigenvalue weighted by molar-refractivity contribution is 0.0930. The molecular weight excluding hydrogens is 372 g/mol. The smallest absolute Gasteiger partial charge is 0.251 e. The standard InChI is InChI=1S/C19H22N2O3S.ClH/c22-19(21-16-8-6-12-20-13-16)18-11-5-4-7-15(18)14-25(23,24)17-9-2-1-3-10-17;/h1-5,7,9-11,16,20H,6,8,12-14H2,(H,21,22);1H. The first-order valence-corrected chi connectivity index (χ1v) is 10.1. The van der Waals surface area contributed by atoms with Gasteiger partial charge in [-0.2, -0.15) is 0 Å². The van der Waals surface area contributed by atoms with Crippen LogP contribution in [0.15, 0.2) is 59.5 Å². The van der Waals surface area contributed by atoms with E-state index in [1.165, 1.54) is 0 Å². The molecule has 1 heterocycles. The molecule has 140 valence electrons. The molecule has 2 aromatic carbocycles. The molecule has 0 aromatic heterocycles. The van der Waals surface area contributed by atoms with E-state index in [2.05, 4.69) is 10.6 Å². The minimum absolute atomic E-state index is 0. The van der Waals surface area contributed by atoms with Gasteiger partial charge in [-0.05, 0) is 43.1 Å². The highest BCUT2D eigenvalue weighted by Gasteiger charge is 2.21. The third-order valence-corrected chi connectivity index (χ3v) is 6.02. The van der Waals surface area contributed by atoms with Crippen molar-refractivity contribution in [2.24, 2.45) is 0 Å². The Morgan fingerprint density at radius 3 is 2.46 bits per heavy atom. The second kappa shape index (κ2) is 9.16. The lowest BCUT2D eigenvalue weighted by atomic mass is 10.1. The van der Waals surface area contributed by atoms with E-state index < -0.39 is 9.84 Å². The summed E-state index contributed by atoms with van der Waals surface area (Å²) < 4.78 is 25.2. The highest BCUT2D eigenvalue weighted by atomic mass is 35.5. The molecule has 2 aromatic rings. The Balaban J connectivity index is 0.00000243. The minimum atomic E-state index is -3.49. The molecule has 0 aliphatic carbocycles. The number of piperidine rings is 1. The van der Waals surface area contributed by atoms with Crippen molar-refractivity contribution in [3.63, 3.8) is 0 Å². The lowest BCUT2D eigenvalue weighted by Crippen LogP contribution is -2.45. The third-order valence-electron chi connectivity index (χ3n) is 4.34. The molecule has 5 nitrogen and oxygen atoms in total. The summed E-state index contributed by atoms with van der Waals surface area (Å²) >= 11 is 0. The lowest BCUT2D eigenvalue weighted by Gasteiger charge is -2.24. The minimum Gasteiger partial charge on any atom is -0.348 e. The quantitative estimate of drug-likeness (QED) is 0.817. The van der Waals surface area contributed by atoms with Gasteiger partial charge in [-0.3, -0.25) is 4.79 Å². The maximum absolute atomic E-state index is 12.6. The molecule has 3 rings (SSSR count). The number of hydrogen-bond acceptors (Lipinski definition) is 4. The number of nitrogens with one attached hydrogen (secondary N) is 2. The number of carbonyl (C=O) groups is 1. The van der Waals surface area contributed by atoms with E-state index in [1.807, 2.05) is 0 Å². The van der Waals surface area contributed by atoms with Crippen molar-refractivity contribution in [2.75, 3.05) is 13.1 Å². The summed E-state index contributed by atoms with van der Waals surface area (Å²) in [4.78, 5) is 12.9. The molecule has 1 unspecified atom stereocenters. The number of benzene rings is 2. The number of hydrogen-bond donors (Lipinski definition) is 2. The van der Waals surface area contributed by atoms with E-state index in [1.54, 1.807) is 54.6 Å². The van der Waals surface area contributed by atoms with Crippen LogP contribution in [-0.4, -0.2) is 33.5 Å². The molecule has 1 aliphatic rings. The fraction of sp³-hybridized carbons (Fsp3) is 0.316. The highest BCUT2D eigenvalue weighted by molar-refractivity contribution is 7.90. The van der Waals surface area contributed by atoms with E-state index in [4.69, 9.17) is 0 Å². The van der Waals surface area contributed by atoms with Crippen LogP contribution >= 0.6 is 12.4 Å². The zero-order valence-corrected chi connectivity index (χ0v) is 16.0. The van der Waals surface area contributed by atoms with Crippen LogP contribution in [0.2, 0.25) is 0 Å². The number of halogens is 1. The Morgan fingerprint density at radius 1 is 1.08 bits per heavy atom. The summed E-state index contributed by atoms with van der Waals surface area (Å²) in [5, 5.41) is 6.26. The van der Waals surface area contributed by atoms with Crippen molar-refractivity contribution in [3.8, 4) is 0 Å². The van der Waals surface area contributed by atoms with Crippen molar-refractivity contribution in [1.29, 1.82) is 0 Å². The average Bonchev–Trinajstić information content (AvgIpc) is 2.63.